The molecule has 0 spiro atoms. The van der Waals surface area contributed by atoms with Crippen LogP contribution >= 0.6 is 11.3 Å². The van der Waals surface area contributed by atoms with Gasteiger partial charge in [-0.25, -0.2) is 4.99 Å². The van der Waals surface area contributed by atoms with E-state index in [2.05, 4.69) is 39.0 Å². The number of thiophene rings is 1. The second-order valence-corrected chi connectivity index (χ2v) is 9.18. The number of guanidine groups is 1. The first-order valence-corrected chi connectivity index (χ1v) is 9.63. The summed E-state index contributed by atoms with van der Waals surface area (Å²) >= 11 is 1.35. The molecular weight excluding hydrogens is 356 g/mol. The molecule has 0 fully saturated rings. The van der Waals surface area contributed by atoms with Gasteiger partial charge in [-0.05, 0) is 35.6 Å². The van der Waals surface area contributed by atoms with E-state index in [9.17, 15) is 10.1 Å². The first kappa shape index (κ1) is 19.1. The summed E-state index contributed by atoms with van der Waals surface area (Å²) in [5.41, 5.74) is 7.32. The smallest absolute Gasteiger partial charge is 0.239 e. The van der Waals surface area contributed by atoms with Crippen LogP contribution in [-0.2, 0) is 15.7 Å². The van der Waals surface area contributed by atoms with Crippen molar-refractivity contribution < 1.29 is 4.79 Å². The normalized spacial score (nSPS) is 23.1. The van der Waals surface area contributed by atoms with E-state index in [4.69, 9.17) is 10.7 Å². The van der Waals surface area contributed by atoms with Crippen LogP contribution in [0.4, 0.5) is 0 Å². The summed E-state index contributed by atoms with van der Waals surface area (Å²) in [7, 11) is 1.65. The van der Waals surface area contributed by atoms with Crippen LogP contribution in [0.2, 0.25) is 0 Å². The van der Waals surface area contributed by atoms with E-state index in [-0.39, 0.29) is 17.3 Å². The number of carbonyl (C=O) groups excluding carboxylic acids is 1. The van der Waals surface area contributed by atoms with Gasteiger partial charge in [0.25, 0.3) is 0 Å². The van der Waals surface area contributed by atoms with Gasteiger partial charge in [-0.2, -0.15) is 5.26 Å². The Morgan fingerprint density at radius 1 is 1.22 bits per heavy atom. The number of likely N-dealkylation sites (N-methyl/N-ethyl adjacent to an activating group) is 1. The third-order valence-electron chi connectivity index (χ3n) is 5.16. The lowest BCUT2D eigenvalue weighted by Gasteiger charge is -2.40. The van der Waals surface area contributed by atoms with E-state index < -0.39 is 11.5 Å². The maximum absolute atomic E-state index is 13.2. The number of amides is 1. The number of rotatable bonds is 2. The van der Waals surface area contributed by atoms with Gasteiger partial charge >= 0.3 is 0 Å². The molecule has 5 nitrogen and oxygen atoms in total. The molecule has 6 heteroatoms. The molecule has 0 saturated heterocycles. The monoisotopic (exact) mass is 380 g/mol. The number of hydrogen-bond acceptors (Lipinski definition) is 5. The second-order valence-electron chi connectivity index (χ2n) is 8.10. The molecular formula is C21H24N4OS. The first-order chi connectivity index (χ1) is 12.6. The average Bonchev–Trinajstić information content (AvgIpc) is 3.09. The standard InChI is InChI=1S/C21H24N4OS/c1-20(2,3)14-8-6-13(7-9-14)17-18(26)25(5)19(23)24-21(17,4)16-11-10-15(12-22)27-16/h6-11,17H,1-5H3,(H2,23,24)/t17-,21+/m0/s1. The number of nitriles is 1. The van der Waals surface area contributed by atoms with E-state index in [1.54, 1.807) is 13.1 Å². The molecule has 0 bridgehead atoms. The summed E-state index contributed by atoms with van der Waals surface area (Å²) in [6.45, 7) is 8.39. The average molecular weight is 381 g/mol. The highest BCUT2D eigenvalue weighted by Crippen LogP contribution is 2.46. The van der Waals surface area contributed by atoms with Crippen LogP contribution in [0.25, 0.3) is 0 Å². The fraction of sp³-hybridized carbons (Fsp3) is 0.381. The van der Waals surface area contributed by atoms with Crippen molar-refractivity contribution in [1.29, 1.82) is 5.26 Å². The van der Waals surface area contributed by atoms with Gasteiger partial charge < -0.3 is 5.73 Å². The molecule has 27 heavy (non-hydrogen) atoms. The number of benzene rings is 1. The number of hydrogen-bond donors (Lipinski definition) is 1. The summed E-state index contributed by atoms with van der Waals surface area (Å²) in [6.07, 6.45) is 0. The van der Waals surface area contributed by atoms with Crippen molar-refractivity contribution in [3.63, 3.8) is 0 Å². The van der Waals surface area contributed by atoms with Gasteiger partial charge in [0.05, 0.1) is 5.92 Å². The Kier molecular flexibility index (Phi) is 4.61. The number of carbonyl (C=O) groups is 1. The molecule has 2 N–H and O–H groups in total. The van der Waals surface area contributed by atoms with Crippen LogP contribution in [0.15, 0.2) is 41.4 Å². The minimum Gasteiger partial charge on any atom is -0.369 e. The van der Waals surface area contributed by atoms with Gasteiger partial charge in [0.2, 0.25) is 5.91 Å². The molecule has 1 aliphatic rings. The van der Waals surface area contributed by atoms with Crippen LogP contribution in [-0.4, -0.2) is 23.8 Å². The summed E-state index contributed by atoms with van der Waals surface area (Å²) in [6, 6.07) is 13.9. The minimum atomic E-state index is -0.851. The predicted molar refractivity (Wildman–Crippen MR) is 109 cm³/mol. The molecule has 0 radical (unpaired) electrons. The first-order valence-electron chi connectivity index (χ1n) is 8.81. The lowest BCUT2D eigenvalue weighted by atomic mass is 9.76. The lowest BCUT2D eigenvalue weighted by molar-refractivity contribution is -0.130. The van der Waals surface area contributed by atoms with Gasteiger partial charge in [-0.1, -0.05) is 45.0 Å². The third-order valence-corrected chi connectivity index (χ3v) is 6.37. The second kappa shape index (κ2) is 6.50. The highest BCUT2D eigenvalue weighted by molar-refractivity contribution is 7.12. The van der Waals surface area contributed by atoms with Crippen LogP contribution in [0, 0.1) is 11.3 Å². The van der Waals surface area contributed by atoms with Crippen LogP contribution in [0.3, 0.4) is 0 Å². The Labute approximate surface area is 164 Å². The minimum absolute atomic E-state index is 0.0349. The van der Waals surface area contributed by atoms with Gasteiger partial charge in [0.1, 0.15) is 16.5 Å². The fourth-order valence-electron chi connectivity index (χ4n) is 3.43. The van der Waals surface area contributed by atoms with E-state index >= 15 is 0 Å². The lowest BCUT2D eigenvalue weighted by Crippen LogP contribution is -2.52. The van der Waals surface area contributed by atoms with Crippen LogP contribution < -0.4 is 5.73 Å². The molecule has 0 aliphatic carbocycles. The molecule has 2 aromatic rings. The summed E-state index contributed by atoms with van der Waals surface area (Å²) in [5.74, 6) is -0.411. The molecule has 0 unspecified atom stereocenters. The van der Waals surface area contributed by atoms with Crippen molar-refractivity contribution in [2.75, 3.05) is 7.05 Å². The zero-order chi connectivity index (χ0) is 20.0. The van der Waals surface area contributed by atoms with Crippen molar-refractivity contribution >= 4 is 23.2 Å². The maximum Gasteiger partial charge on any atom is 0.239 e. The molecule has 2 atom stereocenters. The summed E-state index contributed by atoms with van der Waals surface area (Å²) in [5, 5.41) is 9.19. The van der Waals surface area contributed by atoms with E-state index in [1.807, 2.05) is 25.1 Å². The van der Waals surface area contributed by atoms with Crippen LogP contribution in [0.1, 0.15) is 54.5 Å². The van der Waals surface area contributed by atoms with Crippen LogP contribution in [0.5, 0.6) is 0 Å². The summed E-state index contributed by atoms with van der Waals surface area (Å²) < 4.78 is 0. The van der Waals surface area contributed by atoms with Gasteiger partial charge in [0, 0.05) is 11.9 Å². The molecule has 2 heterocycles. The van der Waals surface area contributed by atoms with E-state index in [0.717, 1.165) is 10.4 Å². The topological polar surface area (TPSA) is 82.5 Å². The molecule has 140 valence electrons. The van der Waals surface area contributed by atoms with Gasteiger partial charge in [0.15, 0.2) is 5.96 Å². The highest BCUT2D eigenvalue weighted by Gasteiger charge is 2.48. The number of nitrogens with zero attached hydrogens (tertiary/aromatic N) is 3. The molecule has 1 amide bonds. The molecule has 1 aliphatic heterocycles. The maximum atomic E-state index is 13.2. The van der Waals surface area contributed by atoms with Gasteiger partial charge in [-0.3, -0.25) is 9.69 Å². The quantitative estimate of drug-likeness (QED) is 0.862. The molecule has 1 aromatic carbocycles. The van der Waals surface area contributed by atoms with Crippen molar-refractivity contribution in [2.24, 2.45) is 10.7 Å². The Morgan fingerprint density at radius 3 is 2.37 bits per heavy atom. The third kappa shape index (κ3) is 3.24. The number of aliphatic imine (C=N–C) groups is 1. The van der Waals surface area contributed by atoms with Gasteiger partial charge in [-0.15, -0.1) is 11.3 Å². The zero-order valence-electron chi connectivity index (χ0n) is 16.3. The SMILES string of the molecule is CN1C(=O)[C@H](c2ccc(C(C)(C)C)cc2)[C@@](C)(c2ccc(C#N)s2)N=C1N. The van der Waals surface area contributed by atoms with Crippen molar-refractivity contribution in [2.45, 2.75) is 44.6 Å². The molecule has 3 rings (SSSR count). The van der Waals surface area contributed by atoms with E-state index in [1.165, 1.54) is 21.8 Å². The zero-order valence-corrected chi connectivity index (χ0v) is 17.1. The Morgan fingerprint density at radius 2 is 1.85 bits per heavy atom. The van der Waals surface area contributed by atoms with Crippen molar-refractivity contribution in [3.8, 4) is 6.07 Å². The Bertz CT molecular complexity index is 946. The Hall–Kier alpha value is -2.65. The predicted octanol–water partition coefficient (Wildman–Crippen LogP) is 3.70. The van der Waals surface area contributed by atoms with Crippen molar-refractivity contribution in [3.05, 3.63) is 57.3 Å². The largest absolute Gasteiger partial charge is 0.369 e. The van der Waals surface area contributed by atoms with Crippen molar-refractivity contribution in [1.82, 2.24) is 4.90 Å². The molecule has 1 aromatic heterocycles. The Balaban J connectivity index is 2.15. The highest BCUT2D eigenvalue weighted by atomic mass is 32.1. The molecule has 0 saturated carbocycles. The van der Waals surface area contributed by atoms with E-state index in [0.29, 0.717) is 4.88 Å². The fourth-order valence-corrected chi connectivity index (χ4v) is 4.36. The number of nitrogens with two attached hydrogens (primary N) is 1. The summed E-state index contributed by atoms with van der Waals surface area (Å²) in [4.78, 5) is 20.7.